The molecular weight excluding hydrogens is 210 g/mol. The molecule has 1 unspecified atom stereocenters. The van der Waals surface area contributed by atoms with Crippen molar-refractivity contribution >= 4 is 6.72 Å². The van der Waals surface area contributed by atoms with Crippen LogP contribution in [0.4, 0.5) is 0 Å². The highest BCUT2D eigenvalue weighted by molar-refractivity contribution is 5.14. The van der Waals surface area contributed by atoms with E-state index in [1.165, 1.54) is 51.4 Å². The molecule has 0 saturated carbocycles. The molecule has 0 radical (unpaired) electrons. The smallest absolute Gasteiger partial charge is 0.167 e. The lowest BCUT2D eigenvalue weighted by atomic mass is 10.1. The lowest BCUT2D eigenvalue weighted by Gasteiger charge is -2.07. The van der Waals surface area contributed by atoms with Gasteiger partial charge in [0, 0.05) is 0 Å². The molecule has 0 aromatic heterocycles. The molecule has 0 bridgehead atoms. The highest BCUT2D eigenvalue weighted by Crippen LogP contribution is 2.11. The van der Waals surface area contributed by atoms with Crippen molar-refractivity contribution in [3.05, 3.63) is 0 Å². The van der Waals surface area contributed by atoms with Gasteiger partial charge >= 0.3 is 0 Å². The first-order valence-corrected chi connectivity index (χ1v) is 7.36. The van der Waals surface area contributed by atoms with E-state index in [1.54, 1.807) is 4.58 Å². The minimum absolute atomic E-state index is 0.193. The molecule has 0 fully saturated rings. The Hall–Kier alpha value is -0.370. The van der Waals surface area contributed by atoms with E-state index in [0.29, 0.717) is 6.54 Å². The van der Waals surface area contributed by atoms with E-state index >= 15 is 0 Å². The van der Waals surface area contributed by atoms with Crippen LogP contribution in [0.25, 0.3) is 0 Å². The average molecular weight is 242 g/mol. The summed E-state index contributed by atoms with van der Waals surface area (Å²) in [4.78, 5) is 0. The zero-order valence-electron chi connectivity index (χ0n) is 12.0. The van der Waals surface area contributed by atoms with Crippen molar-refractivity contribution < 1.29 is 9.68 Å². The minimum Gasteiger partial charge on any atom is -0.387 e. The van der Waals surface area contributed by atoms with Crippen LogP contribution >= 0.6 is 0 Å². The monoisotopic (exact) mass is 242 g/mol. The molecule has 17 heavy (non-hydrogen) atoms. The lowest BCUT2D eigenvalue weighted by Crippen LogP contribution is -2.20. The number of rotatable bonds is 12. The number of aliphatic hydroxyl groups is 1. The Morgan fingerprint density at radius 3 is 1.88 bits per heavy atom. The maximum Gasteiger partial charge on any atom is 0.167 e. The number of hydrogen-bond acceptors (Lipinski definition) is 1. The van der Waals surface area contributed by atoms with Crippen molar-refractivity contribution in [1.29, 1.82) is 0 Å². The van der Waals surface area contributed by atoms with E-state index in [9.17, 15) is 5.11 Å². The maximum absolute atomic E-state index is 9.64. The normalized spacial score (nSPS) is 12.6. The van der Waals surface area contributed by atoms with Crippen molar-refractivity contribution in [2.75, 3.05) is 13.6 Å². The van der Waals surface area contributed by atoms with Crippen molar-refractivity contribution in [1.82, 2.24) is 0 Å². The van der Waals surface area contributed by atoms with Gasteiger partial charge in [-0.25, -0.2) is 4.58 Å². The summed E-state index contributed by atoms with van der Waals surface area (Å²) in [6, 6.07) is 0. The van der Waals surface area contributed by atoms with Crippen LogP contribution in [0.1, 0.15) is 71.1 Å². The highest BCUT2D eigenvalue weighted by Gasteiger charge is 2.07. The molecule has 0 amide bonds. The van der Waals surface area contributed by atoms with Gasteiger partial charge in [0.2, 0.25) is 0 Å². The number of likely N-dealkylation sites (N-methyl/N-ethyl adjacent to an activating group) is 1. The van der Waals surface area contributed by atoms with E-state index < -0.39 is 0 Å². The highest BCUT2D eigenvalue weighted by atomic mass is 16.3. The number of hydrogen-bond donors (Lipinski definition) is 1. The summed E-state index contributed by atoms with van der Waals surface area (Å²) in [5.41, 5.74) is 0. The fourth-order valence-corrected chi connectivity index (χ4v) is 2.14. The molecule has 0 heterocycles. The minimum atomic E-state index is -0.193. The second-order valence-electron chi connectivity index (χ2n) is 5.31. The summed E-state index contributed by atoms with van der Waals surface area (Å²) < 4.78 is 1.80. The third-order valence-corrected chi connectivity index (χ3v) is 3.16. The second-order valence-corrected chi connectivity index (χ2v) is 5.31. The molecule has 0 saturated heterocycles. The van der Waals surface area contributed by atoms with Gasteiger partial charge in [0.1, 0.15) is 19.9 Å². The Balaban J connectivity index is 3.10. The number of nitrogens with zero attached hydrogens (tertiary/aromatic N) is 1. The van der Waals surface area contributed by atoms with Crippen LogP contribution in [0.2, 0.25) is 0 Å². The molecule has 0 rings (SSSR count). The molecule has 0 aliphatic heterocycles. The standard InChI is InChI=1S/C15H32NO/c1-4-5-6-7-8-9-10-11-12-13-15(17)14-16(2)3/h15,17H,2,4-14H2,1,3H3/q+1. The van der Waals surface area contributed by atoms with Crippen molar-refractivity contribution in [2.24, 2.45) is 0 Å². The van der Waals surface area contributed by atoms with Crippen LogP contribution in [-0.2, 0) is 0 Å². The first-order chi connectivity index (χ1) is 8.16. The molecule has 2 heteroatoms. The van der Waals surface area contributed by atoms with E-state index in [1.807, 2.05) is 7.05 Å². The molecule has 0 aromatic rings. The molecular formula is C15H32NO+. The fourth-order valence-electron chi connectivity index (χ4n) is 2.14. The third kappa shape index (κ3) is 13.6. The zero-order valence-corrected chi connectivity index (χ0v) is 12.0. The van der Waals surface area contributed by atoms with Crippen LogP contribution in [0.5, 0.6) is 0 Å². The van der Waals surface area contributed by atoms with Crippen LogP contribution < -0.4 is 0 Å². The molecule has 0 aliphatic rings. The number of aliphatic hydroxyl groups excluding tert-OH is 1. The van der Waals surface area contributed by atoms with Gasteiger partial charge < -0.3 is 5.11 Å². The Kier molecular flexibility index (Phi) is 11.8. The summed E-state index contributed by atoms with van der Waals surface area (Å²) in [7, 11) is 1.90. The van der Waals surface area contributed by atoms with Gasteiger partial charge in [-0.15, -0.1) is 0 Å². The Morgan fingerprint density at radius 2 is 1.41 bits per heavy atom. The Bertz CT molecular complexity index is 180. The summed E-state index contributed by atoms with van der Waals surface area (Å²) in [6.07, 6.45) is 12.8. The van der Waals surface area contributed by atoms with Gasteiger partial charge in [-0.2, -0.15) is 0 Å². The molecule has 0 aliphatic carbocycles. The molecule has 1 atom stereocenters. The van der Waals surface area contributed by atoms with E-state index in [0.717, 1.165) is 12.8 Å². The molecule has 2 nitrogen and oxygen atoms in total. The van der Waals surface area contributed by atoms with Gasteiger partial charge in [0.05, 0.1) is 0 Å². The first kappa shape index (κ1) is 16.6. The van der Waals surface area contributed by atoms with Gasteiger partial charge in [-0.05, 0) is 6.42 Å². The SMILES string of the molecule is C=[N+](C)CC(O)CCCCCCCCCCC. The van der Waals surface area contributed by atoms with Gasteiger partial charge in [0.25, 0.3) is 0 Å². The van der Waals surface area contributed by atoms with Gasteiger partial charge in [0.15, 0.2) is 6.54 Å². The first-order valence-electron chi connectivity index (χ1n) is 7.36. The van der Waals surface area contributed by atoms with Crippen molar-refractivity contribution in [3.8, 4) is 0 Å². The fraction of sp³-hybridized carbons (Fsp3) is 0.933. The van der Waals surface area contributed by atoms with Gasteiger partial charge in [-0.1, -0.05) is 64.7 Å². The topological polar surface area (TPSA) is 23.2 Å². The largest absolute Gasteiger partial charge is 0.387 e. The van der Waals surface area contributed by atoms with Crippen LogP contribution in [0.3, 0.4) is 0 Å². The molecule has 0 aromatic carbocycles. The van der Waals surface area contributed by atoms with Gasteiger partial charge in [-0.3, -0.25) is 0 Å². The zero-order chi connectivity index (χ0) is 12.9. The predicted molar refractivity (Wildman–Crippen MR) is 76.0 cm³/mol. The summed E-state index contributed by atoms with van der Waals surface area (Å²) in [6.45, 7) is 6.69. The predicted octanol–water partition coefficient (Wildman–Crippen LogP) is 3.61. The van der Waals surface area contributed by atoms with Crippen molar-refractivity contribution in [2.45, 2.75) is 77.2 Å². The van der Waals surface area contributed by atoms with Crippen molar-refractivity contribution in [3.63, 3.8) is 0 Å². The second kappa shape index (κ2) is 12.1. The third-order valence-electron chi connectivity index (χ3n) is 3.16. The average Bonchev–Trinajstić information content (AvgIpc) is 2.26. The Morgan fingerprint density at radius 1 is 0.941 bits per heavy atom. The molecule has 0 spiro atoms. The van der Waals surface area contributed by atoms with Crippen LogP contribution in [-0.4, -0.2) is 36.1 Å². The van der Waals surface area contributed by atoms with E-state index in [-0.39, 0.29) is 6.10 Å². The van der Waals surface area contributed by atoms with E-state index in [2.05, 4.69) is 13.6 Å². The quantitative estimate of drug-likeness (QED) is 0.315. The van der Waals surface area contributed by atoms with Crippen LogP contribution in [0.15, 0.2) is 0 Å². The maximum atomic E-state index is 9.64. The molecule has 102 valence electrons. The number of unbranched alkanes of at least 4 members (excludes halogenated alkanes) is 8. The Labute approximate surface area is 108 Å². The lowest BCUT2D eigenvalue weighted by molar-refractivity contribution is -0.498. The van der Waals surface area contributed by atoms with E-state index in [4.69, 9.17) is 0 Å². The molecule has 1 N–H and O–H groups in total. The summed E-state index contributed by atoms with van der Waals surface area (Å²) in [5, 5.41) is 9.64. The summed E-state index contributed by atoms with van der Waals surface area (Å²) in [5.74, 6) is 0. The summed E-state index contributed by atoms with van der Waals surface area (Å²) >= 11 is 0. The van der Waals surface area contributed by atoms with Crippen LogP contribution in [0, 0.1) is 0 Å².